The Morgan fingerprint density at radius 1 is 1.25 bits per heavy atom. The maximum atomic E-state index is 12.2. The minimum atomic E-state index is -0.0283. The van der Waals surface area contributed by atoms with Gasteiger partial charge < -0.3 is 15.0 Å². The van der Waals surface area contributed by atoms with Crippen molar-refractivity contribution in [2.75, 3.05) is 11.9 Å². The van der Waals surface area contributed by atoms with Gasteiger partial charge in [0.2, 0.25) is 5.91 Å². The lowest BCUT2D eigenvalue weighted by atomic mass is 10.1. The van der Waals surface area contributed by atoms with E-state index in [2.05, 4.69) is 15.3 Å². The van der Waals surface area contributed by atoms with Crippen LogP contribution in [-0.2, 0) is 16.0 Å². The maximum Gasteiger partial charge on any atom is 0.228 e. The summed E-state index contributed by atoms with van der Waals surface area (Å²) in [4.78, 5) is 20.1. The van der Waals surface area contributed by atoms with Gasteiger partial charge in [0.1, 0.15) is 11.9 Å². The lowest BCUT2D eigenvalue weighted by Crippen LogP contribution is -2.14. The van der Waals surface area contributed by atoms with Gasteiger partial charge in [-0.25, -0.2) is 4.98 Å². The van der Waals surface area contributed by atoms with Crippen molar-refractivity contribution in [3.8, 4) is 0 Å². The Bertz CT molecular complexity index is 851. The van der Waals surface area contributed by atoms with Crippen molar-refractivity contribution in [2.24, 2.45) is 0 Å². The Hall–Kier alpha value is -2.66. The van der Waals surface area contributed by atoms with Gasteiger partial charge in [0.25, 0.3) is 0 Å². The van der Waals surface area contributed by atoms with Gasteiger partial charge in [-0.2, -0.15) is 0 Å². The van der Waals surface area contributed by atoms with Crippen LogP contribution >= 0.6 is 0 Å². The molecule has 2 heterocycles. The van der Waals surface area contributed by atoms with Gasteiger partial charge in [-0.1, -0.05) is 30.3 Å². The number of aromatic amines is 1. The standard InChI is InChI=1S/C19H19N3O2/c23-18(11-13-5-2-1-3-6-13)20-14-8-9-15-16(12-14)22-19(21-15)17-7-4-10-24-17/h1-3,5-6,8-9,12,17H,4,7,10-11H2,(H,20,23)(H,21,22)/t17-/m1/s1. The van der Waals surface area contributed by atoms with Crippen LogP contribution < -0.4 is 5.32 Å². The molecule has 4 rings (SSSR count). The zero-order chi connectivity index (χ0) is 16.4. The summed E-state index contributed by atoms with van der Waals surface area (Å²) in [7, 11) is 0. The van der Waals surface area contributed by atoms with Gasteiger partial charge in [-0.15, -0.1) is 0 Å². The third kappa shape index (κ3) is 3.16. The number of ether oxygens (including phenoxy) is 1. The smallest absolute Gasteiger partial charge is 0.228 e. The summed E-state index contributed by atoms with van der Waals surface area (Å²) in [5.41, 5.74) is 3.57. The van der Waals surface area contributed by atoms with E-state index in [4.69, 9.17) is 4.74 Å². The predicted octanol–water partition coefficient (Wildman–Crippen LogP) is 3.60. The molecule has 1 fully saturated rings. The summed E-state index contributed by atoms with van der Waals surface area (Å²) in [6, 6.07) is 15.4. The average molecular weight is 321 g/mol. The van der Waals surface area contributed by atoms with Crippen LogP contribution in [0, 0.1) is 0 Å². The average Bonchev–Trinajstić information content (AvgIpc) is 3.24. The van der Waals surface area contributed by atoms with Crippen LogP contribution in [0.5, 0.6) is 0 Å². The number of fused-ring (bicyclic) bond motifs is 1. The first-order chi connectivity index (χ1) is 11.8. The van der Waals surface area contributed by atoms with Crippen LogP contribution in [-0.4, -0.2) is 22.5 Å². The number of aromatic nitrogens is 2. The molecule has 3 aromatic rings. The molecule has 2 N–H and O–H groups in total. The van der Waals surface area contributed by atoms with Crippen molar-refractivity contribution in [3.05, 3.63) is 59.9 Å². The molecule has 122 valence electrons. The van der Waals surface area contributed by atoms with E-state index >= 15 is 0 Å². The van der Waals surface area contributed by atoms with E-state index in [1.807, 2.05) is 48.5 Å². The van der Waals surface area contributed by atoms with Gasteiger partial charge in [-0.05, 0) is 36.6 Å². The second kappa shape index (κ2) is 6.45. The zero-order valence-electron chi connectivity index (χ0n) is 13.3. The number of anilines is 1. The van der Waals surface area contributed by atoms with E-state index in [-0.39, 0.29) is 12.0 Å². The molecule has 24 heavy (non-hydrogen) atoms. The fourth-order valence-electron chi connectivity index (χ4n) is 3.04. The number of benzene rings is 2. The molecule has 0 saturated carbocycles. The van der Waals surface area contributed by atoms with Crippen LogP contribution in [0.25, 0.3) is 11.0 Å². The fraction of sp³-hybridized carbons (Fsp3) is 0.263. The highest BCUT2D eigenvalue weighted by Gasteiger charge is 2.21. The molecule has 0 bridgehead atoms. The Morgan fingerprint density at radius 2 is 2.12 bits per heavy atom. The van der Waals surface area contributed by atoms with E-state index in [1.54, 1.807) is 0 Å². The van der Waals surface area contributed by atoms with Crippen molar-refractivity contribution < 1.29 is 9.53 Å². The summed E-state index contributed by atoms with van der Waals surface area (Å²) in [5, 5.41) is 2.94. The lowest BCUT2D eigenvalue weighted by Gasteiger charge is -2.05. The van der Waals surface area contributed by atoms with Crippen molar-refractivity contribution >= 4 is 22.6 Å². The molecule has 5 heteroatoms. The molecular weight excluding hydrogens is 302 g/mol. The second-order valence-electron chi connectivity index (χ2n) is 6.07. The molecule has 1 aromatic heterocycles. The van der Waals surface area contributed by atoms with Gasteiger partial charge in [0, 0.05) is 12.3 Å². The number of imidazole rings is 1. The van der Waals surface area contributed by atoms with Crippen LogP contribution in [0.3, 0.4) is 0 Å². The number of rotatable bonds is 4. The number of hydrogen-bond donors (Lipinski definition) is 2. The van der Waals surface area contributed by atoms with E-state index in [1.165, 1.54) is 0 Å². The predicted molar refractivity (Wildman–Crippen MR) is 92.8 cm³/mol. The highest BCUT2D eigenvalue weighted by atomic mass is 16.5. The Morgan fingerprint density at radius 3 is 2.92 bits per heavy atom. The van der Waals surface area contributed by atoms with Crippen molar-refractivity contribution in [1.29, 1.82) is 0 Å². The molecule has 5 nitrogen and oxygen atoms in total. The first-order valence-electron chi connectivity index (χ1n) is 8.23. The van der Waals surface area contributed by atoms with E-state index in [0.29, 0.717) is 6.42 Å². The second-order valence-corrected chi connectivity index (χ2v) is 6.07. The first-order valence-corrected chi connectivity index (χ1v) is 8.23. The minimum Gasteiger partial charge on any atom is -0.370 e. The molecule has 0 radical (unpaired) electrons. The molecule has 2 aromatic carbocycles. The molecule has 1 aliphatic heterocycles. The molecule has 1 amide bonds. The number of nitrogens with one attached hydrogen (secondary N) is 2. The number of nitrogens with zero attached hydrogens (tertiary/aromatic N) is 1. The Labute approximate surface area is 140 Å². The van der Waals surface area contributed by atoms with Gasteiger partial charge in [0.05, 0.1) is 17.5 Å². The molecule has 0 aliphatic carbocycles. The largest absolute Gasteiger partial charge is 0.370 e. The highest BCUT2D eigenvalue weighted by molar-refractivity contribution is 5.94. The van der Waals surface area contributed by atoms with Crippen LogP contribution in [0.2, 0.25) is 0 Å². The zero-order valence-corrected chi connectivity index (χ0v) is 13.3. The summed E-state index contributed by atoms with van der Waals surface area (Å²) in [5.74, 6) is 0.842. The minimum absolute atomic E-state index is 0.0283. The summed E-state index contributed by atoms with van der Waals surface area (Å²) < 4.78 is 5.67. The normalized spacial score (nSPS) is 17.2. The molecule has 1 atom stereocenters. The van der Waals surface area contributed by atoms with E-state index in [9.17, 15) is 4.79 Å². The number of H-pyrrole nitrogens is 1. The third-order valence-electron chi connectivity index (χ3n) is 4.23. The summed E-state index contributed by atoms with van der Waals surface area (Å²) in [6.45, 7) is 0.794. The molecule has 1 saturated heterocycles. The fourth-order valence-corrected chi connectivity index (χ4v) is 3.04. The monoisotopic (exact) mass is 321 g/mol. The number of carbonyl (C=O) groups is 1. The third-order valence-corrected chi connectivity index (χ3v) is 4.23. The van der Waals surface area contributed by atoms with E-state index in [0.717, 1.165) is 47.6 Å². The quantitative estimate of drug-likeness (QED) is 0.771. The highest BCUT2D eigenvalue weighted by Crippen LogP contribution is 2.28. The summed E-state index contributed by atoms with van der Waals surface area (Å²) >= 11 is 0. The SMILES string of the molecule is O=C(Cc1ccccc1)Nc1ccc2nc([C@H]3CCCO3)[nH]c2c1. The van der Waals surface area contributed by atoms with Crippen LogP contribution in [0.1, 0.15) is 30.3 Å². The number of amides is 1. The summed E-state index contributed by atoms with van der Waals surface area (Å²) in [6.07, 6.45) is 2.50. The lowest BCUT2D eigenvalue weighted by molar-refractivity contribution is -0.115. The van der Waals surface area contributed by atoms with Gasteiger partial charge in [-0.3, -0.25) is 4.79 Å². The Balaban J connectivity index is 1.49. The number of hydrogen-bond acceptors (Lipinski definition) is 3. The van der Waals surface area contributed by atoms with Crippen LogP contribution in [0.4, 0.5) is 5.69 Å². The van der Waals surface area contributed by atoms with Crippen molar-refractivity contribution in [3.63, 3.8) is 0 Å². The molecule has 0 spiro atoms. The molecule has 0 unspecified atom stereocenters. The molecular formula is C19H19N3O2. The van der Waals surface area contributed by atoms with E-state index < -0.39 is 0 Å². The molecule has 1 aliphatic rings. The van der Waals surface area contributed by atoms with Gasteiger partial charge >= 0.3 is 0 Å². The topological polar surface area (TPSA) is 67.0 Å². The first kappa shape index (κ1) is 14.9. The van der Waals surface area contributed by atoms with Crippen molar-refractivity contribution in [2.45, 2.75) is 25.4 Å². The van der Waals surface area contributed by atoms with Gasteiger partial charge in [0.15, 0.2) is 0 Å². The Kier molecular flexibility index (Phi) is 4.01. The number of carbonyl (C=O) groups excluding carboxylic acids is 1. The van der Waals surface area contributed by atoms with Crippen LogP contribution in [0.15, 0.2) is 48.5 Å². The maximum absolute atomic E-state index is 12.2. The van der Waals surface area contributed by atoms with Crippen molar-refractivity contribution in [1.82, 2.24) is 9.97 Å².